The van der Waals surface area contributed by atoms with E-state index in [0.29, 0.717) is 5.82 Å². The number of hydrogen-bond acceptors (Lipinski definition) is 3. The van der Waals surface area contributed by atoms with E-state index in [1.54, 1.807) is 12.3 Å². The molecule has 3 heteroatoms. The second-order valence-corrected chi connectivity index (χ2v) is 2.77. The van der Waals surface area contributed by atoms with Crippen molar-refractivity contribution in [3.05, 3.63) is 23.9 Å². The maximum absolute atomic E-state index is 5.60. The smallest absolute Gasteiger partial charge is 0.123 e. The number of aromatic nitrogens is 1. The largest absolute Gasteiger partial charge is 0.384 e. The number of pyridine rings is 1. The third-order valence-corrected chi connectivity index (χ3v) is 1.41. The summed E-state index contributed by atoms with van der Waals surface area (Å²) in [6.45, 7) is 1.97. The Labute approximate surface area is 66.4 Å². The fourth-order valence-electron chi connectivity index (χ4n) is 0.928. The van der Waals surface area contributed by atoms with Gasteiger partial charge in [0.05, 0.1) is 0 Å². The zero-order valence-corrected chi connectivity index (χ0v) is 6.62. The summed E-state index contributed by atoms with van der Waals surface area (Å²) in [5.41, 5.74) is 12.2. The maximum Gasteiger partial charge on any atom is 0.123 e. The van der Waals surface area contributed by atoms with Crippen molar-refractivity contribution in [1.29, 1.82) is 0 Å². The summed E-state index contributed by atoms with van der Waals surface area (Å²) in [5.74, 6) is 0.554. The number of nitrogens with two attached hydrogens (primary N) is 2. The van der Waals surface area contributed by atoms with Crippen LogP contribution in [-0.4, -0.2) is 11.0 Å². The number of hydrogen-bond donors (Lipinski definition) is 2. The van der Waals surface area contributed by atoms with E-state index in [2.05, 4.69) is 4.98 Å². The summed E-state index contributed by atoms with van der Waals surface area (Å²) in [7, 11) is 0. The summed E-state index contributed by atoms with van der Waals surface area (Å²) in [5, 5.41) is 0. The predicted octanol–water partition coefficient (Wildman–Crippen LogP) is 0.553. The molecule has 1 atom stereocenters. The van der Waals surface area contributed by atoms with Crippen molar-refractivity contribution in [2.45, 2.75) is 19.4 Å². The minimum atomic E-state index is 0.181. The highest BCUT2D eigenvalue weighted by Crippen LogP contribution is 2.02. The van der Waals surface area contributed by atoms with Gasteiger partial charge in [0, 0.05) is 12.2 Å². The van der Waals surface area contributed by atoms with Crippen LogP contribution >= 0.6 is 0 Å². The van der Waals surface area contributed by atoms with Gasteiger partial charge in [0.15, 0.2) is 0 Å². The van der Waals surface area contributed by atoms with E-state index in [4.69, 9.17) is 11.5 Å². The molecule has 0 spiro atoms. The Bertz CT molecular complexity index is 215. The van der Waals surface area contributed by atoms with E-state index >= 15 is 0 Å². The first kappa shape index (κ1) is 8.01. The van der Waals surface area contributed by atoms with E-state index in [-0.39, 0.29) is 6.04 Å². The summed E-state index contributed by atoms with van der Waals surface area (Å²) in [6, 6.07) is 3.92. The second kappa shape index (κ2) is 3.34. The highest BCUT2D eigenvalue weighted by Gasteiger charge is 1.96. The summed E-state index contributed by atoms with van der Waals surface area (Å²) < 4.78 is 0. The summed E-state index contributed by atoms with van der Waals surface area (Å²) in [4.78, 5) is 3.95. The lowest BCUT2D eigenvalue weighted by atomic mass is 10.1. The van der Waals surface area contributed by atoms with Gasteiger partial charge in [-0.1, -0.05) is 6.07 Å². The molecule has 1 aromatic heterocycles. The van der Waals surface area contributed by atoms with Crippen LogP contribution in [-0.2, 0) is 6.42 Å². The second-order valence-electron chi connectivity index (χ2n) is 2.77. The Balaban J connectivity index is 2.66. The van der Waals surface area contributed by atoms with Gasteiger partial charge in [-0.15, -0.1) is 0 Å². The van der Waals surface area contributed by atoms with Crippen LogP contribution in [0, 0.1) is 0 Å². The third-order valence-electron chi connectivity index (χ3n) is 1.41. The van der Waals surface area contributed by atoms with E-state index in [0.717, 1.165) is 12.0 Å². The fraction of sp³-hybridized carbons (Fsp3) is 0.375. The molecule has 0 fully saturated rings. The van der Waals surface area contributed by atoms with Crippen LogP contribution in [0.5, 0.6) is 0 Å². The van der Waals surface area contributed by atoms with Crippen LogP contribution in [0.4, 0.5) is 5.82 Å². The van der Waals surface area contributed by atoms with Gasteiger partial charge in [0.25, 0.3) is 0 Å². The van der Waals surface area contributed by atoms with Crippen molar-refractivity contribution in [2.75, 3.05) is 5.73 Å². The van der Waals surface area contributed by atoms with Gasteiger partial charge in [-0.25, -0.2) is 4.98 Å². The molecular formula is C8H13N3. The van der Waals surface area contributed by atoms with Crippen molar-refractivity contribution in [3.63, 3.8) is 0 Å². The van der Waals surface area contributed by atoms with Crippen molar-refractivity contribution in [1.82, 2.24) is 4.98 Å². The summed E-state index contributed by atoms with van der Waals surface area (Å²) >= 11 is 0. The molecule has 1 heterocycles. The molecule has 0 saturated heterocycles. The molecule has 1 rings (SSSR count). The average Bonchev–Trinajstić information content (AvgIpc) is 1.93. The lowest BCUT2D eigenvalue weighted by Crippen LogP contribution is -2.17. The van der Waals surface area contributed by atoms with Crippen molar-refractivity contribution >= 4 is 5.82 Å². The van der Waals surface area contributed by atoms with Crippen molar-refractivity contribution in [3.8, 4) is 0 Å². The minimum Gasteiger partial charge on any atom is -0.384 e. The Morgan fingerprint density at radius 3 is 2.73 bits per heavy atom. The van der Waals surface area contributed by atoms with Gasteiger partial charge in [-0.05, 0) is 25.0 Å². The molecule has 1 unspecified atom stereocenters. The van der Waals surface area contributed by atoms with Gasteiger partial charge in [0.2, 0.25) is 0 Å². The normalized spacial score (nSPS) is 12.9. The summed E-state index contributed by atoms with van der Waals surface area (Å²) in [6.07, 6.45) is 2.62. The Morgan fingerprint density at radius 1 is 1.55 bits per heavy atom. The van der Waals surface area contributed by atoms with Crippen LogP contribution in [0.3, 0.4) is 0 Å². The van der Waals surface area contributed by atoms with Crippen LogP contribution in [0.15, 0.2) is 18.3 Å². The lowest BCUT2D eigenvalue weighted by Gasteiger charge is -2.03. The molecular weight excluding hydrogens is 138 g/mol. The molecule has 0 aliphatic heterocycles. The van der Waals surface area contributed by atoms with E-state index < -0.39 is 0 Å². The van der Waals surface area contributed by atoms with Crippen LogP contribution in [0.25, 0.3) is 0 Å². The quantitative estimate of drug-likeness (QED) is 0.648. The Morgan fingerprint density at radius 2 is 2.27 bits per heavy atom. The molecule has 11 heavy (non-hydrogen) atoms. The molecule has 60 valence electrons. The average molecular weight is 151 g/mol. The monoisotopic (exact) mass is 151 g/mol. The van der Waals surface area contributed by atoms with Gasteiger partial charge in [0.1, 0.15) is 5.82 Å². The Kier molecular flexibility index (Phi) is 2.44. The molecule has 0 bridgehead atoms. The molecule has 0 radical (unpaired) electrons. The number of anilines is 1. The number of rotatable bonds is 2. The molecule has 0 aliphatic carbocycles. The first-order chi connectivity index (χ1) is 5.18. The number of nitrogens with zero attached hydrogens (tertiary/aromatic N) is 1. The third kappa shape index (κ3) is 2.55. The van der Waals surface area contributed by atoms with Crippen molar-refractivity contribution in [2.24, 2.45) is 5.73 Å². The first-order valence-electron chi connectivity index (χ1n) is 3.64. The van der Waals surface area contributed by atoms with Gasteiger partial charge >= 0.3 is 0 Å². The van der Waals surface area contributed by atoms with E-state index in [1.807, 2.05) is 13.0 Å². The molecule has 3 nitrogen and oxygen atoms in total. The molecule has 1 aromatic rings. The van der Waals surface area contributed by atoms with E-state index in [1.165, 1.54) is 0 Å². The zero-order valence-electron chi connectivity index (χ0n) is 6.62. The Hall–Kier alpha value is -1.09. The number of nitrogen functional groups attached to an aromatic ring is 1. The van der Waals surface area contributed by atoms with Crippen molar-refractivity contribution < 1.29 is 0 Å². The molecule has 0 saturated carbocycles. The topological polar surface area (TPSA) is 64.9 Å². The molecule has 0 amide bonds. The SMILES string of the molecule is CC(N)Cc1ccc(N)nc1. The molecule has 0 aromatic carbocycles. The van der Waals surface area contributed by atoms with Crippen LogP contribution in [0.2, 0.25) is 0 Å². The van der Waals surface area contributed by atoms with Crippen LogP contribution in [0.1, 0.15) is 12.5 Å². The minimum absolute atomic E-state index is 0.181. The van der Waals surface area contributed by atoms with Crippen LogP contribution < -0.4 is 11.5 Å². The highest BCUT2D eigenvalue weighted by molar-refractivity contribution is 5.29. The standard InChI is InChI=1S/C8H13N3/c1-6(9)4-7-2-3-8(10)11-5-7/h2-3,5-6H,4,9H2,1H3,(H2,10,11). The predicted molar refractivity (Wildman–Crippen MR) is 46.0 cm³/mol. The van der Waals surface area contributed by atoms with Gasteiger partial charge in [-0.3, -0.25) is 0 Å². The van der Waals surface area contributed by atoms with Gasteiger partial charge in [-0.2, -0.15) is 0 Å². The maximum atomic E-state index is 5.60. The molecule has 0 aliphatic rings. The fourth-order valence-corrected chi connectivity index (χ4v) is 0.928. The highest BCUT2D eigenvalue weighted by atomic mass is 14.8. The molecule has 4 N–H and O–H groups in total. The zero-order chi connectivity index (χ0) is 8.27. The van der Waals surface area contributed by atoms with E-state index in [9.17, 15) is 0 Å². The first-order valence-corrected chi connectivity index (χ1v) is 3.64. The lowest BCUT2D eigenvalue weighted by molar-refractivity contribution is 0.736. The van der Waals surface area contributed by atoms with Gasteiger partial charge < -0.3 is 11.5 Å².